The summed E-state index contributed by atoms with van der Waals surface area (Å²) >= 11 is 0. The van der Waals surface area contributed by atoms with E-state index in [1.807, 2.05) is 13.8 Å². The fraction of sp³-hybridized carbons (Fsp3) is 0.600. The van der Waals surface area contributed by atoms with Crippen LogP contribution in [-0.2, 0) is 14.6 Å². The summed E-state index contributed by atoms with van der Waals surface area (Å²) in [6.07, 6.45) is 1.42. The third-order valence-corrected chi connectivity index (χ3v) is 5.38. The Bertz CT molecular complexity index is 602. The minimum Gasteiger partial charge on any atom is -0.375 e. The molecule has 0 aliphatic rings. The topological polar surface area (TPSA) is 88.2 Å². The van der Waals surface area contributed by atoms with Gasteiger partial charge in [-0.2, -0.15) is 0 Å². The van der Waals surface area contributed by atoms with Crippen LogP contribution in [0.4, 0.5) is 5.69 Å². The maximum absolute atomic E-state index is 12.2. The number of rotatable bonds is 6. The Balaban J connectivity index is 2.65. The SMILES string of the molecule is CC(C)CNC(=O)CNc1ccc(S(=O)(=O)C(C)(C)C)nc1. The second-order valence-corrected chi connectivity index (χ2v) is 9.20. The number of hydrogen-bond acceptors (Lipinski definition) is 5. The maximum atomic E-state index is 12.2. The van der Waals surface area contributed by atoms with Crippen molar-refractivity contribution in [2.45, 2.75) is 44.4 Å². The van der Waals surface area contributed by atoms with Crippen LogP contribution in [0.1, 0.15) is 34.6 Å². The first-order valence-electron chi connectivity index (χ1n) is 7.25. The van der Waals surface area contributed by atoms with E-state index in [4.69, 9.17) is 0 Å². The Hall–Kier alpha value is -1.63. The van der Waals surface area contributed by atoms with Crippen LogP contribution in [0.5, 0.6) is 0 Å². The molecule has 22 heavy (non-hydrogen) atoms. The summed E-state index contributed by atoms with van der Waals surface area (Å²) in [6, 6.07) is 3.07. The van der Waals surface area contributed by atoms with Gasteiger partial charge in [0.05, 0.1) is 23.2 Å². The highest BCUT2D eigenvalue weighted by atomic mass is 32.2. The van der Waals surface area contributed by atoms with E-state index in [0.29, 0.717) is 18.2 Å². The number of amides is 1. The Morgan fingerprint density at radius 1 is 1.27 bits per heavy atom. The molecule has 0 aromatic carbocycles. The van der Waals surface area contributed by atoms with Gasteiger partial charge in [-0.3, -0.25) is 4.79 Å². The van der Waals surface area contributed by atoms with Crippen LogP contribution in [0, 0.1) is 5.92 Å². The quantitative estimate of drug-likeness (QED) is 0.832. The molecular weight excluding hydrogens is 302 g/mol. The van der Waals surface area contributed by atoms with E-state index in [0.717, 1.165) is 0 Å². The lowest BCUT2D eigenvalue weighted by molar-refractivity contribution is -0.119. The molecule has 1 rings (SSSR count). The first kappa shape index (κ1) is 18.4. The summed E-state index contributed by atoms with van der Waals surface area (Å²) < 4.78 is 23.6. The predicted molar refractivity (Wildman–Crippen MR) is 87.5 cm³/mol. The molecule has 0 atom stereocenters. The molecule has 1 aromatic rings. The normalized spacial score (nSPS) is 12.3. The molecule has 7 heteroatoms. The molecule has 0 unspecified atom stereocenters. The first-order chi connectivity index (χ1) is 10.0. The van der Waals surface area contributed by atoms with Gasteiger partial charge < -0.3 is 10.6 Å². The van der Waals surface area contributed by atoms with Crippen molar-refractivity contribution in [3.8, 4) is 0 Å². The molecule has 6 nitrogen and oxygen atoms in total. The largest absolute Gasteiger partial charge is 0.375 e. The molecule has 1 heterocycles. The molecule has 0 bridgehead atoms. The molecule has 0 saturated heterocycles. The number of sulfone groups is 1. The highest BCUT2D eigenvalue weighted by Crippen LogP contribution is 2.23. The number of nitrogens with zero attached hydrogens (tertiary/aromatic N) is 1. The number of carbonyl (C=O) groups is 1. The van der Waals surface area contributed by atoms with Crippen molar-refractivity contribution in [2.24, 2.45) is 5.92 Å². The first-order valence-corrected chi connectivity index (χ1v) is 8.73. The van der Waals surface area contributed by atoms with E-state index < -0.39 is 14.6 Å². The molecule has 124 valence electrons. The third-order valence-electron chi connectivity index (χ3n) is 2.98. The average Bonchev–Trinajstić information content (AvgIpc) is 2.42. The lowest BCUT2D eigenvalue weighted by atomic mass is 10.2. The van der Waals surface area contributed by atoms with Gasteiger partial charge in [0, 0.05) is 6.54 Å². The zero-order chi connectivity index (χ0) is 17.0. The number of anilines is 1. The number of hydrogen-bond donors (Lipinski definition) is 2. The van der Waals surface area contributed by atoms with Crippen molar-refractivity contribution in [1.82, 2.24) is 10.3 Å². The van der Waals surface area contributed by atoms with Crippen molar-refractivity contribution in [3.63, 3.8) is 0 Å². The van der Waals surface area contributed by atoms with E-state index >= 15 is 0 Å². The van der Waals surface area contributed by atoms with Gasteiger partial charge in [-0.25, -0.2) is 13.4 Å². The second kappa shape index (κ2) is 7.09. The zero-order valence-corrected chi connectivity index (χ0v) is 14.6. The van der Waals surface area contributed by atoms with E-state index in [1.54, 1.807) is 26.8 Å². The van der Waals surface area contributed by atoms with E-state index in [9.17, 15) is 13.2 Å². The Morgan fingerprint density at radius 3 is 2.36 bits per heavy atom. The number of pyridine rings is 1. The summed E-state index contributed by atoms with van der Waals surface area (Å²) in [7, 11) is -3.46. The summed E-state index contributed by atoms with van der Waals surface area (Å²) in [4.78, 5) is 15.6. The van der Waals surface area contributed by atoms with Crippen LogP contribution in [-0.4, -0.2) is 37.1 Å². The number of carbonyl (C=O) groups excluding carboxylic acids is 1. The monoisotopic (exact) mass is 327 g/mol. The fourth-order valence-electron chi connectivity index (χ4n) is 1.52. The lowest BCUT2D eigenvalue weighted by Gasteiger charge is -2.18. The Labute approximate surface area is 132 Å². The van der Waals surface area contributed by atoms with Gasteiger partial charge in [-0.15, -0.1) is 0 Å². The van der Waals surface area contributed by atoms with Gasteiger partial charge >= 0.3 is 0 Å². The van der Waals surface area contributed by atoms with Crippen molar-refractivity contribution >= 4 is 21.4 Å². The average molecular weight is 327 g/mol. The maximum Gasteiger partial charge on any atom is 0.239 e. The summed E-state index contributed by atoms with van der Waals surface area (Å²) in [6.45, 7) is 9.69. The van der Waals surface area contributed by atoms with Gasteiger partial charge in [-0.1, -0.05) is 13.8 Å². The fourth-order valence-corrected chi connectivity index (χ4v) is 2.59. The highest BCUT2D eigenvalue weighted by molar-refractivity contribution is 7.92. The zero-order valence-electron chi connectivity index (χ0n) is 13.8. The molecular formula is C15H25N3O3S. The molecule has 0 aliphatic carbocycles. The summed E-state index contributed by atoms with van der Waals surface area (Å²) in [5.41, 5.74) is 0.604. The Kier molecular flexibility index (Phi) is 5.93. The highest BCUT2D eigenvalue weighted by Gasteiger charge is 2.31. The van der Waals surface area contributed by atoms with Crippen LogP contribution in [0.25, 0.3) is 0 Å². The van der Waals surface area contributed by atoms with Crippen LogP contribution >= 0.6 is 0 Å². The van der Waals surface area contributed by atoms with Crippen LogP contribution < -0.4 is 10.6 Å². The molecule has 0 spiro atoms. The predicted octanol–water partition coefficient (Wildman–Crippen LogP) is 1.84. The number of nitrogens with one attached hydrogen (secondary N) is 2. The van der Waals surface area contributed by atoms with E-state index in [-0.39, 0.29) is 17.5 Å². The van der Waals surface area contributed by atoms with Crippen molar-refractivity contribution in [1.29, 1.82) is 0 Å². The number of aromatic nitrogens is 1. The molecule has 2 N–H and O–H groups in total. The molecule has 0 aliphatic heterocycles. The summed E-state index contributed by atoms with van der Waals surface area (Å²) in [5.74, 6) is 0.285. The molecule has 0 saturated carbocycles. The third kappa shape index (κ3) is 4.98. The van der Waals surface area contributed by atoms with Crippen LogP contribution in [0.15, 0.2) is 23.4 Å². The Morgan fingerprint density at radius 2 is 1.91 bits per heavy atom. The van der Waals surface area contributed by atoms with Crippen LogP contribution in [0.3, 0.4) is 0 Å². The summed E-state index contributed by atoms with van der Waals surface area (Å²) in [5, 5.41) is 5.74. The smallest absolute Gasteiger partial charge is 0.239 e. The molecule has 0 fully saturated rings. The van der Waals surface area contributed by atoms with Crippen molar-refractivity contribution in [3.05, 3.63) is 18.3 Å². The van der Waals surface area contributed by atoms with E-state index in [1.165, 1.54) is 12.3 Å². The van der Waals surface area contributed by atoms with E-state index in [2.05, 4.69) is 15.6 Å². The second-order valence-electron chi connectivity index (χ2n) is 6.55. The van der Waals surface area contributed by atoms with Gasteiger partial charge in [0.1, 0.15) is 0 Å². The minimum absolute atomic E-state index is 0.0369. The lowest BCUT2D eigenvalue weighted by Crippen LogP contribution is -2.32. The van der Waals surface area contributed by atoms with Crippen LogP contribution in [0.2, 0.25) is 0 Å². The molecule has 1 aromatic heterocycles. The minimum atomic E-state index is -3.46. The standard InChI is InChI=1S/C15H25N3O3S/c1-11(2)8-17-13(19)10-16-12-6-7-14(18-9-12)22(20,21)15(3,4)5/h6-7,9,11,16H,8,10H2,1-5H3,(H,17,19). The van der Waals surface area contributed by atoms with Crippen molar-refractivity contribution < 1.29 is 13.2 Å². The van der Waals surface area contributed by atoms with Gasteiger partial charge in [0.25, 0.3) is 0 Å². The molecule has 0 radical (unpaired) electrons. The van der Waals surface area contributed by atoms with Crippen molar-refractivity contribution in [2.75, 3.05) is 18.4 Å². The van der Waals surface area contributed by atoms with Gasteiger partial charge in [0.2, 0.25) is 5.91 Å². The van der Waals surface area contributed by atoms with Gasteiger partial charge in [-0.05, 0) is 38.8 Å². The van der Waals surface area contributed by atoms with Gasteiger partial charge in [0.15, 0.2) is 14.9 Å². The molecule has 1 amide bonds.